The number of benzene rings is 3. The van der Waals surface area contributed by atoms with E-state index in [9.17, 15) is 8.42 Å². The highest BCUT2D eigenvalue weighted by Gasteiger charge is 2.20. The van der Waals surface area contributed by atoms with Crippen molar-refractivity contribution in [2.45, 2.75) is 57.3 Å². The molecule has 3 aromatic carbocycles. The lowest BCUT2D eigenvalue weighted by Gasteiger charge is -2.13. The Bertz CT molecular complexity index is 1090. The second kappa shape index (κ2) is 11.7. The van der Waals surface area contributed by atoms with Gasteiger partial charge >= 0.3 is 10.1 Å². The van der Waals surface area contributed by atoms with Crippen molar-refractivity contribution in [3.63, 3.8) is 0 Å². The Kier molecular flexibility index (Phi) is 8.74. The Morgan fingerprint density at radius 2 is 1.41 bits per heavy atom. The first-order valence-electron chi connectivity index (χ1n) is 11.3. The van der Waals surface area contributed by atoms with Gasteiger partial charge in [0.15, 0.2) is 5.75 Å². The van der Waals surface area contributed by atoms with Crippen LogP contribution in [0.25, 0.3) is 11.1 Å². The monoisotopic (exact) mass is 452 g/mol. The fourth-order valence-electron chi connectivity index (χ4n) is 3.58. The Morgan fingerprint density at radius 1 is 0.750 bits per heavy atom. The van der Waals surface area contributed by atoms with Crippen LogP contribution in [0.3, 0.4) is 0 Å². The van der Waals surface area contributed by atoms with E-state index < -0.39 is 10.1 Å². The van der Waals surface area contributed by atoms with E-state index in [4.69, 9.17) is 8.92 Å². The van der Waals surface area contributed by atoms with Crippen LogP contribution < -0.4 is 8.92 Å². The fourth-order valence-corrected chi connectivity index (χ4v) is 4.76. The van der Waals surface area contributed by atoms with Gasteiger partial charge in [0.25, 0.3) is 0 Å². The zero-order chi connectivity index (χ0) is 22.8. The Labute approximate surface area is 192 Å². The predicted octanol–water partition coefficient (Wildman–Crippen LogP) is 7.17. The van der Waals surface area contributed by atoms with Crippen LogP contribution in [0.4, 0.5) is 0 Å². The van der Waals surface area contributed by atoms with Crippen molar-refractivity contribution in [3.05, 3.63) is 78.4 Å². The first kappa shape index (κ1) is 23.9. The summed E-state index contributed by atoms with van der Waals surface area (Å²) in [6.45, 7) is 4.69. The molecular formula is C27H32O4S. The van der Waals surface area contributed by atoms with Gasteiger partial charge in [-0.3, -0.25) is 0 Å². The Hall–Kier alpha value is -2.79. The van der Waals surface area contributed by atoms with Crippen molar-refractivity contribution in [2.75, 3.05) is 6.61 Å². The van der Waals surface area contributed by atoms with Crippen LogP contribution in [-0.4, -0.2) is 15.0 Å². The highest BCUT2D eigenvalue weighted by atomic mass is 32.2. The number of unbranched alkanes of at least 4 members (excludes halogenated alkanes) is 5. The van der Waals surface area contributed by atoms with Crippen molar-refractivity contribution in [1.82, 2.24) is 0 Å². The molecule has 0 aliphatic rings. The predicted molar refractivity (Wildman–Crippen MR) is 130 cm³/mol. The molecule has 4 nitrogen and oxygen atoms in total. The maximum atomic E-state index is 12.8. The lowest BCUT2D eigenvalue weighted by atomic mass is 10.0. The van der Waals surface area contributed by atoms with Crippen LogP contribution >= 0.6 is 0 Å². The van der Waals surface area contributed by atoms with Gasteiger partial charge in [-0.25, -0.2) is 0 Å². The van der Waals surface area contributed by atoms with Gasteiger partial charge in [0, 0.05) is 5.56 Å². The zero-order valence-corrected chi connectivity index (χ0v) is 19.7. The van der Waals surface area contributed by atoms with Gasteiger partial charge in [-0.05, 0) is 48.7 Å². The van der Waals surface area contributed by atoms with E-state index in [0.29, 0.717) is 23.5 Å². The number of hydrogen-bond acceptors (Lipinski definition) is 4. The molecule has 32 heavy (non-hydrogen) atoms. The van der Waals surface area contributed by atoms with Crippen molar-refractivity contribution < 1.29 is 17.3 Å². The molecule has 0 spiro atoms. The van der Waals surface area contributed by atoms with Gasteiger partial charge in [-0.1, -0.05) is 87.6 Å². The van der Waals surface area contributed by atoms with E-state index >= 15 is 0 Å². The first-order chi connectivity index (χ1) is 15.5. The molecule has 0 saturated carbocycles. The molecule has 0 aromatic heterocycles. The molecule has 3 aromatic rings. The first-order valence-corrected chi connectivity index (χ1v) is 12.7. The summed E-state index contributed by atoms with van der Waals surface area (Å²) < 4.78 is 37.1. The molecule has 0 heterocycles. The molecule has 0 aliphatic heterocycles. The summed E-state index contributed by atoms with van der Waals surface area (Å²) in [7, 11) is -3.93. The van der Waals surface area contributed by atoms with Crippen molar-refractivity contribution in [1.29, 1.82) is 0 Å². The van der Waals surface area contributed by atoms with Crippen LogP contribution in [-0.2, 0) is 10.1 Å². The van der Waals surface area contributed by atoms with E-state index in [1.54, 1.807) is 43.3 Å². The van der Waals surface area contributed by atoms with Crippen molar-refractivity contribution in [3.8, 4) is 22.6 Å². The van der Waals surface area contributed by atoms with Crippen LogP contribution in [0, 0.1) is 6.92 Å². The largest absolute Gasteiger partial charge is 0.494 e. The highest BCUT2D eigenvalue weighted by Crippen LogP contribution is 2.33. The van der Waals surface area contributed by atoms with Crippen LogP contribution in [0.5, 0.6) is 11.5 Å². The second-order valence-corrected chi connectivity index (χ2v) is 9.45. The summed E-state index contributed by atoms with van der Waals surface area (Å²) in [6.07, 6.45) is 7.37. The molecule has 0 atom stereocenters. The van der Waals surface area contributed by atoms with Crippen LogP contribution in [0.1, 0.15) is 51.0 Å². The smallest absolute Gasteiger partial charge is 0.339 e. The van der Waals surface area contributed by atoms with Gasteiger partial charge in [0.05, 0.1) is 6.61 Å². The van der Waals surface area contributed by atoms with E-state index in [-0.39, 0.29) is 4.90 Å². The SMILES string of the molecule is CCCCCCCCOc1ccc(-c2ccccc2OS(=O)(=O)c2ccccc2C)cc1. The van der Waals surface area contributed by atoms with Crippen molar-refractivity contribution in [2.24, 2.45) is 0 Å². The molecule has 0 radical (unpaired) electrons. The topological polar surface area (TPSA) is 52.6 Å². The quantitative estimate of drug-likeness (QED) is 0.216. The lowest BCUT2D eigenvalue weighted by Crippen LogP contribution is -2.11. The summed E-state index contributed by atoms with van der Waals surface area (Å²) in [5.74, 6) is 1.12. The fraction of sp³-hybridized carbons (Fsp3) is 0.333. The molecule has 0 bridgehead atoms. The molecule has 0 aliphatic carbocycles. The van der Waals surface area contributed by atoms with Gasteiger partial charge in [0.2, 0.25) is 0 Å². The molecule has 0 amide bonds. The summed E-state index contributed by atoms with van der Waals surface area (Å²) in [6, 6.07) is 21.7. The standard InChI is InChI=1S/C27H32O4S/c1-3-4-5-6-7-12-21-30-24-19-17-23(18-20-24)25-14-9-10-15-26(25)31-32(28,29)27-16-11-8-13-22(27)2/h8-11,13-20H,3-7,12,21H2,1-2H3. The summed E-state index contributed by atoms with van der Waals surface area (Å²) in [4.78, 5) is 0.174. The average Bonchev–Trinajstić information content (AvgIpc) is 2.79. The van der Waals surface area contributed by atoms with Gasteiger partial charge in [-0.2, -0.15) is 8.42 Å². The molecule has 3 rings (SSSR count). The number of aryl methyl sites for hydroxylation is 1. The summed E-state index contributed by atoms with van der Waals surface area (Å²) in [5, 5.41) is 0. The molecule has 0 N–H and O–H groups in total. The maximum Gasteiger partial charge on any atom is 0.339 e. The molecule has 0 saturated heterocycles. The molecule has 170 valence electrons. The zero-order valence-electron chi connectivity index (χ0n) is 18.9. The molecule has 0 fully saturated rings. The van der Waals surface area contributed by atoms with Gasteiger partial charge < -0.3 is 8.92 Å². The second-order valence-electron chi connectivity index (χ2n) is 7.94. The number of ether oxygens (including phenoxy) is 1. The van der Waals surface area contributed by atoms with Crippen LogP contribution in [0.15, 0.2) is 77.7 Å². The van der Waals surface area contributed by atoms with Gasteiger partial charge in [-0.15, -0.1) is 0 Å². The Morgan fingerprint density at radius 3 is 2.16 bits per heavy atom. The molecule has 0 unspecified atom stereocenters. The highest BCUT2D eigenvalue weighted by molar-refractivity contribution is 7.87. The average molecular weight is 453 g/mol. The van der Waals surface area contributed by atoms with E-state index in [1.807, 2.05) is 36.4 Å². The van der Waals surface area contributed by atoms with Gasteiger partial charge in [0.1, 0.15) is 10.6 Å². The third kappa shape index (κ3) is 6.60. The Balaban J connectivity index is 1.66. The minimum absolute atomic E-state index is 0.174. The van der Waals surface area contributed by atoms with Crippen molar-refractivity contribution >= 4 is 10.1 Å². The number of rotatable bonds is 12. The summed E-state index contributed by atoms with van der Waals surface area (Å²) in [5.41, 5.74) is 2.23. The number of para-hydroxylation sites is 1. The number of hydrogen-bond donors (Lipinski definition) is 0. The minimum Gasteiger partial charge on any atom is -0.494 e. The van der Waals surface area contributed by atoms with Crippen LogP contribution in [0.2, 0.25) is 0 Å². The molecular weight excluding hydrogens is 420 g/mol. The third-order valence-electron chi connectivity index (χ3n) is 5.38. The summed E-state index contributed by atoms with van der Waals surface area (Å²) >= 11 is 0. The maximum absolute atomic E-state index is 12.8. The van der Waals surface area contributed by atoms with E-state index in [2.05, 4.69) is 6.92 Å². The molecule has 5 heteroatoms. The lowest BCUT2D eigenvalue weighted by molar-refractivity contribution is 0.304. The van der Waals surface area contributed by atoms with E-state index in [1.165, 1.54) is 32.1 Å². The van der Waals surface area contributed by atoms with E-state index in [0.717, 1.165) is 17.7 Å². The normalized spacial score (nSPS) is 11.3. The third-order valence-corrected chi connectivity index (χ3v) is 6.78. The minimum atomic E-state index is -3.93.